The van der Waals surface area contributed by atoms with Crippen LogP contribution in [0.4, 0.5) is 11.6 Å². The summed E-state index contributed by atoms with van der Waals surface area (Å²) in [4.78, 5) is 18.7. The van der Waals surface area contributed by atoms with Crippen LogP contribution >= 0.6 is 23.2 Å². The molecular formula is C17H20Cl2N4O3S. The van der Waals surface area contributed by atoms with Crippen LogP contribution < -0.4 is 10.6 Å². The van der Waals surface area contributed by atoms with Gasteiger partial charge < -0.3 is 5.73 Å². The van der Waals surface area contributed by atoms with Crippen LogP contribution in [0.3, 0.4) is 0 Å². The van der Waals surface area contributed by atoms with Crippen molar-refractivity contribution in [3.05, 3.63) is 34.4 Å². The summed E-state index contributed by atoms with van der Waals surface area (Å²) >= 11 is 12.1. The number of halogens is 2. The predicted octanol–water partition coefficient (Wildman–Crippen LogP) is 3.12. The molecule has 1 aromatic carbocycles. The molecule has 0 radical (unpaired) electrons. The third-order valence-electron chi connectivity index (χ3n) is 4.49. The molecule has 27 heavy (non-hydrogen) atoms. The van der Waals surface area contributed by atoms with E-state index in [1.54, 1.807) is 32.0 Å². The van der Waals surface area contributed by atoms with E-state index in [1.165, 1.54) is 15.7 Å². The van der Waals surface area contributed by atoms with Gasteiger partial charge in [-0.3, -0.25) is 9.36 Å². The number of carbonyl (C=O) groups is 1. The molecule has 0 aliphatic carbocycles. The minimum atomic E-state index is -3.62. The molecule has 3 rings (SSSR count). The molecule has 0 spiro atoms. The van der Waals surface area contributed by atoms with Gasteiger partial charge in [0.15, 0.2) is 14.9 Å². The molecule has 0 fully saturated rings. The fourth-order valence-electron chi connectivity index (χ4n) is 3.13. The van der Waals surface area contributed by atoms with Gasteiger partial charge in [-0.15, -0.1) is 0 Å². The molecule has 0 atom stereocenters. The summed E-state index contributed by atoms with van der Waals surface area (Å²) in [5, 5.41) is 0.744. The zero-order valence-corrected chi connectivity index (χ0v) is 17.3. The van der Waals surface area contributed by atoms with Gasteiger partial charge in [0.2, 0.25) is 5.95 Å². The number of fused-ring (bicyclic) bond motifs is 1. The molecule has 146 valence electrons. The second kappa shape index (κ2) is 7.09. The predicted molar refractivity (Wildman–Crippen MR) is 105 cm³/mol. The maximum absolute atomic E-state index is 13.1. The molecule has 2 aromatic rings. The van der Waals surface area contributed by atoms with Gasteiger partial charge in [0.05, 0.1) is 17.6 Å². The summed E-state index contributed by atoms with van der Waals surface area (Å²) in [6.07, 6.45) is 2.34. The zero-order chi connectivity index (χ0) is 20.0. The van der Waals surface area contributed by atoms with Gasteiger partial charge in [-0.1, -0.05) is 23.2 Å². The van der Waals surface area contributed by atoms with Crippen LogP contribution in [0.25, 0.3) is 0 Å². The van der Waals surface area contributed by atoms with Crippen molar-refractivity contribution < 1.29 is 13.2 Å². The van der Waals surface area contributed by atoms with E-state index < -0.39 is 15.4 Å². The average Bonchev–Trinajstić information content (AvgIpc) is 3.07. The summed E-state index contributed by atoms with van der Waals surface area (Å²) in [7, 11) is -3.62. The lowest BCUT2D eigenvalue weighted by molar-refractivity contribution is -0.123. The fourth-order valence-corrected chi connectivity index (χ4v) is 5.24. The molecule has 1 aliphatic rings. The van der Waals surface area contributed by atoms with Gasteiger partial charge in [-0.05, 0) is 51.4 Å². The Hall–Kier alpha value is -1.61. The Morgan fingerprint density at radius 2 is 1.78 bits per heavy atom. The number of nitrogens with two attached hydrogens (primary N) is 1. The largest absolute Gasteiger partial charge is 0.330 e. The number of aromatic nitrogens is 2. The smallest absolute Gasteiger partial charge is 0.259 e. The third kappa shape index (κ3) is 3.47. The van der Waals surface area contributed by atoms with E-state index in [2.05, 4.69) is 4.98 Å². The van der Waals surface area contributed by atoms with Crippen molar-refractivity contribution in [1.82, 2.24) is 9.55 Å². The minimum Gasteiger partial charge on any atom is -0.330 e. The van der Waals surface area contributed by atoms with E-state index in [1.807, 2.05) is 0 Å². The van der Waals surface area contributed by atoms with Gasteiger partial charge in [0, 0.05) is 10.0 Å². The first-order valence-corrected chi connectivity index (χ1v) is 10.8. The molecule has 1 aromatic heterocycles. The molecular weight excluding hydrogens is 411 g/mol. The van der Waals surface area contributed by atoms with Crippen LogP contribution in [0.2, 0.25) is 10.0 Å². The quantitative estimate of drug-likeness (QED) is 0.709. The van der Waals surface area contributed by atoms with Gasteiger partial charge in [-0.2, -0.15) is 0 Å². The van der Waals surface area contributed by atoms with E-state index in [4.69, 9.17) is 28.9 Å². The summed E-state index contributed by atoms with van der Waals surface area (Å²) in [6, 6.07) is 4.72. The Bertz CT molecular complexity index is 981. The van der Waals surface area contributed by atoms with Crippen LogP contribution in [0.15, 0.2) is 29.4 Å². The number of sulfone groups is 1. The molecule has 0 saturated carbocycles. The summed E-state index contributed by atoms with van der Waals surface area (Å²) in [5.41, 5.74) is 4.75. The van der Waals surface area contributed by atoms with Crippen molar-refractivity contribution >= 4 is 50.6 Å². The van der Waals surface area contributed by atoms with E-state index in [0.717, 1.165) is 0 Å². The highest BCUT2D eigenvalue weighted by Gasteiger charge is 2.48. The number of amides is 1. The fraction of sp³-hybridized carbons (Fsp3) is 0.412. The molecule has 1 aliphatic heterocycles. The van der Waals surface area contributed by atoms with Crippen LogP contribution in [-0.2, 0) is 20.2 Å². The van der Waals surface area contributed by atoms with E-state index in [9.17, 15) is 13.2 Å². The first-order chi connectivity index (χ1) is 12.6. The van der Waals surface area contributed by atoms with Gasteiger partial charge in [-0.25, -0.2) is 18.3 Å². The Kier molecular flexibility index (Phi) is 5.28. The summed E-state index contributed by atoms with van der Waals surface area (Å²) < 4.78 is 27.1. The van der Waals surface area contributed by atoms with Crippen LogP contribution in [0.1, 0.15) is 26.7 Å². The SMILES string of the molecule is CC1(C)C(=O)N(c2cc(Cl)cc(Cl)c2)c2ncc(S(=O)(=O)CCCCN)n21. The number of unbranched alkanes of at least 4 members (excludes halogenated alkanes) is 1. The van der Waals surface area contributed by atoms with Crippen LogP contribution in [-0.4, -0.2) is 36.2 Å². The lowest BCUT2D eigenvalue weighted by Gasteiger charge is -2.21. The number of rotatable bonds is 6. The van der Waals surface area contributed by atoms with E-state index >= 15 is 0 Å². The highest BCUT2D eigenvalue weighted by atomic mass is 35.5. The number of carbonyl (C=O) groups excluding carboxylic acids is 1. The first kappa shape index (κ1) is 20.1. The van der Waals surface area contributed by atoms with Gasteiger partial charge in [0.25, 0.3) is 5.91 Å². The Morgan fingerprint density at radius 1 is 1.15 bits per heavy atom. The number of nitrogens with zero attached hydrogens (tertiary/aromatic N) is 3. The Morgan fingerprint density at radius 3 is 2.37 bits per heavy atom. The standard InChI is InChI=1S/C17H20Cl2N4O3S/c1-17(2)15(24)22(13-8-11(18)7-12(19)9-13)16-21-10-14(23(16)17)27(25,26)6-4-3-5-20/h7-10H,3-6,20H2,1-2H3. The Labute approximate surface area is 168 Å². The molecule has 2 heterocycles. The van der Waals surface area contributed by atoms with Crippen LogP contribution in [0.5, 0.6) is 0 Å². The van der Waals surface area contributed by atoms with Crippen molar-refractivity contribution in [3.63, 3.8) is 0 Å². The number of benzene rings is 1. The zero-order valence-electron chi connectivity index (χ0n) is 14.9. The minimum absolute atomic E-state index is 0.0171. The van der Waals surface area contributed by atoms with Crippen molar-refractivity contribution in [1.29, 1.82) is 0 Å². The molecule has 10 heteroatoms. The highest BCUT2D eigenvalue weighted by molar-refractivity contribution is 7.91. The number of hydrogen-bond acceptors (Lipinski definition) is 5. The molecule has 7 nitrogen and oxygen atoms in total. The van der Waals surface area contributed by atoms with Gasteiger partial charge >= 0.3 is 0 Å². The Balaban J connectivity index is 2.11. The highest BCUT2D eigenvalue weighted by Crippen LogP contribution is 2.42. The second-order valence-corrected chi connectivity index (χ2v) is 9.80. The number of anilines is 2. The topological polar surface area (TPSA) is 98.3 Å². The van der Waals surface area contributed by atoms with Crippen molar-refractivity contribution in [2.45, 2.75) is 37.3 Å². The maximum atomic E-state index is 13.1. The van der Waals surface area contributed by atoms with Crippen molar-refractivity contribution in [2.24, 2.45) is 5.73 Å². The lowest BCUT2D eigenvalue weighted by atomic mass is 10.1. The maximum Gasteiger partial charge on any atom is 0.259 e. The molecule has 0 saturated heterocycles. The van der Waals surface area contributed by atoms with E-state index in [-0.39, 0.29) is 22.6 Å². The van der Waals surface area contributed by atoms with Crippen LogP contribution in [0, 0.1) is 0 Å². The van der Waals surface area contributed by atoms with Crippen molar-refractivity contribution in [2.75, 3.05) is 17.2 Å². The number of hydrogen-bond donors (Lipinski definition) is 1. The van der Waals surface area contributed by atoms with E-state index in [0.29, 0.717) is 35.1 Å². The molecule has 0 unspecified atom stereocenters. The van der Waals surface area contributed by atoms with Gasteiger partial charge in [0.1, 0.15) is 5.54 Å². The molecule has 2 N–H and O–H groups in total. The number of imidazole rings is 1. The lowest BCUT2D eigenvalue weighted by Crippen LogP contribution is -2.37. The first-order valence-electron chi connectivity index (χ1n) is 8.41. The molecule has 1 amide bonds. The average molecular weight is 431 g/mol. The monoisotopic (exact) mass is 430 g/mol. The normalized spacial score (nSPS) is 16.0. The summed E-state index contributed by atoms with van der Waals surface area (Å²) in [6.45, 7) is 3.74. The molecule has 0 bridgehead atoms. The third-order valence-corrected chi connectivity index (χ3v) is 6.68. The van der Waals surface area contributed by atoms with Crippen molar-refractivity contribution in [3.8, 4) is 0 Å². The summed E-state index contributed by atoms with van der Waals surface area (Å²) in [5.74, 6) is -0.147. The second-order valence-electron chi connectivity index (χ2n) is 6.87.